The summed E-state index contributed by atoms with van der Waals surface area (Å²) in [5.41, 5.74) is 2.39. The maximum atomic E-state index is 4.76. The van der Waals surface area contributed by atoms with Gasteiger partial charge in [-0.25, -0.2) is 4.68 Å². The van der Waals surface area contributed by atoms with Gasteiger partial charge in [-0.1, -0.05) is 19.1 Å². The number of nitrogens with zero attached hydrogens (tertiary/aromatic N) is 5. The van der Waals surface area contributed by atoms with Crippen molar-refractivity contribution in [1.82, 2.24) is 30.2 Å². The minimum atomic E-state index is 0. The number of unbranched alkanes of at least 4 members (excludes halogenated alkanes) is 1. The van der Waals surface area contributed by atoms with E-state index < -0.39 is 0 Å². The van der Waals surface area contributed by atoms with Gasteiger partial charge in [-0.15, -0.1) is 24.0 Å². The van der Waals surface area contributed by atoms with E-state index in [1.165, 1.54) is 51.3 Å². The molecule has 2 N–H and O–H groups in total. The molecule has 0 saturated carbocycles. The molecule has 1 aromatic heterocycles. The van der Waals surface area contributed by atoms with Gasteiger partial charge in [0.2, 0.25) is 0 Å². The molecule has 1 aromatic carbocycles. The molecule has 0 amide bonds. The van der Waals surface area contributed by atoms with E-state index in [1.54, 1.807) is 6.20 Å². The molecule has 0 bridgehead atoms. The Labute approximate surface area is 210 Å². The van der Waals surface area contributed by atoms with Gasteiger partial charge < -0.3 is 20.4 Å². The first-order chi connectivity index (χ1) is 15.3. The number of hydrogen-bond acceptors (Lipinski definition) is 4. The molecule has 3 rings (SSSR count). The van der Waals surface area contributed by atoms with E-state index in [-0.39, 0.29) is 24.0 Å². The van der Waals surface area contributed by atoms with Crippen molar-refractivity contribution in [3.63, 3.8) is 0 Å². The highest BCUT2D eigenvalue weighted by Gasteiger charge is 2.14. The topological polar surface area (TPSA) is 60.7 Å². The Balaban J connectivity index is 0.00000363. The van der Waals surface area contributed by atoms with Crippen LogP contribution in [0.5, 0.6) is 0 Å². The van der Waals surface area contributed by atoms with E-state index in [2.05, 4.69) is 63.6 Å². The summed E-state index contributed by atoms with van der Waals surface area (Å²) in [5, 5.41) is 11.1. The Bertz CT molecular complexity index is 753. The monoisotopic (exact) mass is 553 g/mol. The third-order valence-corrected chi connectivity index (χ3v) is 5.82. The average molecular weight is 554 g/mol. The summed E-state index contributed by atoms with van der Waals surface area (Å²) in [7, 11) is 0. The first kappa shape index (κ1) is 26.6. The molecule has 178 valence electrons. The highest BCUT2D eigenvalue weighted by Crippen LogP contribution is 2.09. The standard InChI is InChI=1S/C24H39N7.HI/c1-3-25-24(26-13-5-6-16-30-20-18-29(4-2)19-21-30)27-15-12-22-8-10-23(11-9-22)31-17-7-14-28-31;/h7-11,14,17H,3-6,12-13,15-16,18-21H2,1-2H3,(H2,25,26,27);1H. The van der Waals surface area contributed by atoms with Crippen molar-refractivity contribution < 1.29 is 0 Å². The second kappa shape index (κ2) is 15.2. The van der Waals surface area contributed by atoms with E-state index in [1.807, 2.05) is 16.9 Å². The fraction of sp³-hybridized carbons (Fsp3) is 0.583. The molecular weight excluding hydrogens is 513 g/mol. The number of aromatic nitrogens is 2. The molecule has 1 saturated heterocycles. The Kier molecular flexibility index (Phi) is 12.7. The van der Waals surface area contributed by atoms with Crippen LogP contribution in [0.15, 0.2) is 47.7 Å². The second-order valence-electron chi connectivity index (χ2n) is 8.04. The van der Waals surface area contributed by atoms with E-state index in [4.69, 9.17) is 4.99 Å². The summed E-state index contributed by atoms with van der Waals surface area (Å²) in [4.78, 5) is 9.88. The molecule has 1 aliphatic heterocycles. The Hall–Kier alpha value is -1.65. The molecule has 1 fully saturated rings. The van der Waals surface area contributed by atoms with Gasteiger partial charge in [0.15, 0.2) is 5.96 Å². The number of hydrogen-bond donors (Lipinski definition) is 2. The van der Waals surface area contributed by atoms with E-state index in [0.29, 0.717) is 0 Å². The fourth-order valence-electron chi connectivity index (χ4n) is 3.87. The second-order valence-corrected chi connectivity index (χ2v) is 8.04. The number of piperazine rings is 1. The van der Waals surface area contributed by atoms with Gasteiger partial charge in [-0.2, -0.15) is 5.10 Å². The number of rotatable bonds is 11. The maximum absolute atomic E-state index is 4.76. The van der Waals surface area contributed by atoms with Crippen LogP contribution in [0.1, 0.15) is 32.3 Å². The highest BCUT2D eigenvalue weighted by molar-refractivity contribution is 14.0. The largest absolute Gasteiger partial charge is 0.357 e. The summed E-state index contributed by atoms with van der Waals surface area (Å²) in [6.45, 7) is 14.2. The van der Waals surface area contributed by atoms with Gasteiger partial charge in [0.25, 0.3) is 0 Å². The third-order valence-electron chi connectivity index (χ3n) is 5.82. The predicted molar refractivity (Wildman–Crippen MR) is 144 cm³/mol. The lowest BCUT2D eigenvalue weighted by atomic mass is 10.1. The maximum Gasteiger partial charge on any atom is 0.191 e. The van der Waals surface area contributed by atoms with Gasteiger partial charge in [-0.3, -0.25) is 4.99 Å². The lowest BCUT2D eigenvalue weighted by molar-refractivity contribution is 0.136. The lowest BCUT2D eigenvalue weighted by Crippen LogP contribution is -2.46. The number of aliphatic imine (C=N–C) groups is 1. The van der Waals surface area contributed by atoms with Gasteiger partial charge >= 0.3 is 0 Å². The van der Waals surface area contributed by atoms with Crippen LogP contribution in [0.25, 0.3) is 5.69 Å². The molecule has 8 heteroatoms. The molecule has 0 spiro atoms. The average Bonchev–Trinajstić information content (AvgIpc) is 3.35. The quantitative estimate of drug-likeness (QED) is 0.194. The minimum absolute atomic E-state index is 0. The summed E-state index contributed by atoms with van der Waals surface area (Å²) in [5.74, 6) is 0.923. The normalized spacial score (nSPS) is 15.4. The minimum Gasteiger partial charge on any atom is -0.357 e. The SMILES string of the molecule is CCNC(=NCCCCN1CCN(CC)CC1)NCCc1ccc(-n2cccn2)cc1.I. The molecular formula is C24H40IN7. The van der Waals surface area contributed by atoms with Crippen LogP contribution in [0, 0.1) is 0 Å². The first-order valence-corrected chi connectivity index (χ1v) is 11.8. The van der Waals surface area contributed by atoms with E-state index >= 15 is 0 Å². The van der Waals surface area contributed by atoms with Crippen molar-refractivity contribution in [3.8, 4) is 5.69 Å². The zero-order chi connectivity index (χ0) is 21.7. The lowest BCUT2D eigenvalue weighted by Gasteiger charge is -2.33. The number of benzene rings is 1. The highest BCUT2D eigenvalue weighted by atomic mass is 127. The molecule has 1 aliphatic rings. The summed E-state index contributed by atoms with van der Waals surface area (Å²) < 4.78 is 1.88. The van der Waals surface area contributed by atoms with Crippen LogP contribution in [0.3, 0.4) is 0 Å². The third kappa shape index (κ3) is 9.07. The Morgan fingerprint density at radius 3 is 2.41 bits per heavy atom. The Morgan fingerprint density at radius 1 is 1.00 bits per heavy atom. The summed E-state index contributed by atoms with van der Waals surface area (Å²) in [6, 6.07) is 10.5. The Morgan fingerprint density at radius 2 is 1.75 bits per heavy atom. The molecule has 2 heterocycles. The van der Waals surface area contributed by atoms with Crippen LogP contribution in [0.4, 0.5) is 0 Å². The van der Waals surface area contributed by atoms with Crippen molar-refractivity contribution >= 4 is 29.9 Å². The van der Waals surface area contributed by atoms with Crippen molar-refractivity contribution in [2.45, 2.75) is 33.1 Å². The van der Waals surface area contributed by atoms with Crippen LogP contribution in [0.2, 0.25) is 0 Å². The fourth-order valence-corrected chi connectivity index (χ4v) is 3.87. The zero-order valence-electron chi connectivity index (χ0n) is 19.7. The van der Waals surface area contributed by atoms with Gasteiger partial charge in [-0.05, 0) is 63.0 Å². The summed E-state index contributed by atoms with van der Waals surface area (Å²) >= 11 is 0. The smallest absolute Gasteiger partial charge is 0.191 e. The van der Waals surface area contributed by atoms with Gasteiger partial charge in [0.05, 0.1) is 5.69 Å². The van der Waals surface area contributed by atoms with Crippen molar-refractivity contribution in [2.24, 2.45) is 4.99 Å². The molecule has 32 heavy (non-hydrogen) atoms. The van der Waals surface area contributed by atoms with Gasteiger partial charge in [0.1, 0.15) is 0 Å². The molecule has 0 radical (unpaired) electrons. The van der Waals surface area contributed by atoms with Gasteiger partial charge in [0, 0.05) is 58.2 Å². The molecule has 2 aromatic rings. The molecule has 0 aliphatic carbocycles. The molecule has 7 nitrogen and oxygen atoms in total. The van der Waals surface area contributed by atoms with Crippen molar-refractivity contribution in [3.05, 3.63) is 48.3 Å². The van der Waals surface area contributed by atoms with E-state index in [0.717, 1.165) is 44.1 Å². The van der Waals surface area contributed by atoms with Crippen molar-refractivity contribution in [2.75, 3.05) is 58.9 Å². The van der Waals surface area contributed by atoms with E-state index in [9.17, 15) is 0 Å². The predicted octanol–water partition coefficient (Wildman–Crippen LogP) is 3.01. The number of guanidine groups is 1. The van der Waals surface area contributed by atoms with Crippen LogP contribution < -0.4 is 10.6 Å². The van der Waals surface area contributed by atoms with Crippen LogP contribution in [-0.4, -0.2) is 84.4 Å². The number of nitrogens with one attached hydrogen (secondary N) is 2. The molecule has 0 atom stereocenters. The number of likely N-dealkylation sites (N-methyl/N-ethyl adjacent to an activating group) is 1. The molecule has 0 unspecified atom stereocenters. The zero-order valence-corrected chi connectivity index (χ0v) is 22.0. The first-order valence-electron chi connectivity index (χ1n) is 11.8. The van der Waals surface area contributed by atoms with Crippen LogP contribution >= 0.6 is 24.0 Å². The summed E-state index contributed by atoms with van der Waals surface area (Å²) in [6.07, 6.45) is 7.08. The van der Waals surface area contributed by atoms with Crippen LogP contribution in [-0.2, 0) is 6.42 Å². The van der Waals surface area contributed by atoms with Crippen molar-refractivity contribution in [1.29, 1.82) is 0 Å². The number of halogens is 1.